The van der Waals surface area contributed by atoms with Gasteiger partial charge in [0, 0.05) is 5.39 Å². The molecule has 0 saturated heterocycles. The summed E-state index contributed by atoms with van der Waals surface area (Å²) in [6, 6.07) is 11.4. The van der Waals surface area contributed by atoms with E-state index < -0.39 is 11.9 Å². The van der Waals surface area contributed by atoms with Crippen molar-refractivity contribution in [1.82, 2.24) is 5.43 Å². The van der Waals surface area contributed by atoms with Crippen LogP contribution in [-0.4, -0.2) is 35.9 Å². The maximum atomic E-state index is 12.4. The molecule has 0 aliphatic carbocycles. The molecule has 0 atom stereocenters. The standard InChI is InChI=1S/C22H22N2O6/c1-13(2)29-22(27)21-14(3)30-19-8-7-17(10-18(19)21)28-12-20(26)24-23-11-15-5-4-6-16(25)9-15/h4-11,13,25H,12H2,1-3H3,(H,24,26). The molecule has 1 amide bonds. The SMILES string of the molecule is Cc1oc2ccc(OCC(=O)NN=Cc3cccc(O)c3)cc2c1C(=O)OC(C)C. The fraction of sp³-hybridized carbons (Fsp3) is 0.227. The third-order valence-electron chi connectivity index (χ3n) is 4.03. The van der Waals surface area contributed by atoms with Crippen LogP contribution in [0.1, 0.15) is 35.5 Å². The van der Waals surface area contributed by atoms with Gasteiger partial charge in [-0.25, -0.2) is 10.2 Å². The van der Waals surface area contributed by atoms with Crippen molar-refractivity contribution in [2.75, 3.05) is 6.61 Å². The molecule has 0 unspecified atom stereocenters. The van der Waals surface area contributed by atoms with Gasteiger partial charge in [0.15, 0.2) is 6.61 Å². The zero-order valence-electron chi connectivity index (χ0n) is 16.8. The Morgan fingerprint density at radius 3 is 2.77 bits per heavy atom. The number of phenols is 1. The van der Waals surface area contributed by atoms with Crippen LogP contribution in [0.15, 0.2) is 52.0 Å². The average Bonchev–Trinajstić information content (AvgIpc) is 3.01. The van der Waals surface area contributed by atoms with Crippen molar-refractivity contribution in [3.63, 3.8) is 0 Å². The lowest BCUT2D eigenvalue weighted by Crippen LogP contribution is -2.24. The number of nitrogens with one attached hydrogen (secondary N) is 1. The van der Waals surface area contributed by atoms with Crippen LogP contribution >= 0.6 is 0 Å². The molecule has 0 aliphatic heterocycles. The summed E-state index contributed by atoms with van der Waals surface area (Å²) in [6.07, 6.45) is 1.15. The number of furan rings is 1. The molecule has 8 nitrogen and oxygen atoms in total. The minimum Gasteiger partial charge on any atom is -0.508 e. The predicted molar refractivity (Wildman–Crippen MR) is 111 cm³/mol. The number of hydrazone groups is 1. The predicted octanol–water partition coefficient (Wildman–Crippen LogP) is 3.54. The van der Waals surface area contributed by atoms with E-state index in [0.717, 1.165) is 0 Å². The largest absolute Gasteiger partial charge is 0.508 e. The minimum absolute atomic E-state index is 0.107. The van der Waals surface area contributed by atoms with Gasteiger partial charge in [-0.05, 0) is 56.7 Å². The molecule has 30 heavy (non-hydrogen) atoms. The number of benzene rings is 2. The molecule has 1 aromatic heterocycles. The van der Waals surface area contributed by atoms with Gasteiger partial charge in [0.25, 0.3) is 5.91 Å². The number of fused-ring (bicyclic) bond motifs is 1. The van der Waals surface area contributed by atoms with E-state index in [1.54, 1.807) is 51.1 Å². The van der Waals surface area contributed by atoms with E-state index in [1.165, 1.54) is 18.3 Å². The Hall–Kier alpha value is -3.81. The highest BCUT2D eigenvalue weighted by Crippen LogP contribution is 2.30. The smallest absolute Gasteiger partial charge is 0.342 e. The summed E-state index contributed by atoms with van der Waals surface area (Å²) in [5.41, 5.74) is 3.84. The maximum absolute atomic E-state index is 12.4. The molecular weight excluding hydrogens is 388 g/mol. The van der Waals surface area contributed by atoms with Crippen LogP contribution in [0.5, 0.6) is 11.5 Å². The van der Waals surface area contributed by atoms with E-state index >= 15 is 0 Å². The Morgan fingerprint density at radius 1 is 1.23 bits per heavy atom. The van der Waals surface area contributed by atoms with Crippen LogP contribution < -0.4 is 10.2 Å². The van der Waals surface area contributed by atoms with Gasteiger partial charge in [0.05, 0.1) is 12.3 Å². The third kappa shape index (κ3) is 5.16. The summed E-state index contributed by atoms with van der Waals surface area (Å²) in [5, 5.41) is 13.8. The molecule has 0 aliphatic rings. The van der Waals surface area contributed by atoms with Crippen molar-refractivity contribution < 1.29 is 28.6 Å². The molecule has 0 bridgehead atoms. The summed E-state index contributed by atoms with van der Waals surface area (Å²) in [6.45, 7) is 4.96. The first kappa shape index (κ1) is 20.9. The highest BCUT2D eigenvalue weighted by Gasteiger charge is 2.21. The number of aryl methyl sites for hydroxylation is 1. The van der Waals surface area contributed by atoms with Gasteiger partial charge in [0.2, 0.25) is 0 Å². The summed E-state index contributed by atoms with van der Waals surface area (Å²) >= 11 is 0. The first-order valence-electron chi connectivity index (χ1n) is 9.31. The molecule has 0 spiro atoms. The molecule has 2 aromatic carbocycles. The fourth-order valence-electron chi connectivity index (χ4n) is 2.78. The average molecular weight is 410 g/mol. The van der Waals surface area contributed by atoms with Crippen molar-refractivity contribution in [1.29, 1.82) is 0 Å². The van der Waals surface area contributed by atoms with Crippen LogP contribution in [-0.2, 0) is 9.53 Å². The Morgan fingerprint density at radius 2 is 2.03 bits per heavy atom. The van der Waals surface area contributed by atoms with Crippen LogP contribution in [0.2, 0.25) is 0 Å². The van der Waals surface area contributed by atoms with Gasteiger partial charge < -0.3 is 19.0 Å². The second-order valence-electron chi connectivity index (χ2n) is 6.82. The molecule has 1 heterocycles. The van der Waals surface area contributed by atoms with E-state index in [2.05, 4.69) is 10.5 Å². The fourth-order valence-corrected chi connectivity index (χ4v) is 2.78. The van der Waals surface area contributed by atoms with Crippen molar-refractivity contribution >= 4 is 29.1 Å². The van der Waals surface area contributed by atoms with Gasteiger partial charge in [-0.2, -0.15) is 5.10 Å². The molecule has 8 heteroatoms. The number of esters is 1. The van der Waals surface area contributed by atoms with E-state index in [4.69, 9.17) is 13.9 Å². The molecule has 0 saturated carbocycles. The van der Waals surface area contributed by atoms with Crippen molar-refractivity contribution in [3.8, 4) is 11.5 Å². The number of phenolic OH excluding ortho intramolecular Hbond substituents is 1. The normalized spacial score (nSPS) is 11.2. The van der Waals surface area contributed by atoms with E-state index in [-0.39, 0.29) is 18.5 Å². The van der Waals surface area contributed by atoms with Gasteiger partial charge in [-0.1, -0.05) is 12.1 Å². The number of carbonyl (C=O) groups excluding carboxylic acids is 2. The Balaban J connectivity index is 1.64. The molecule has 0 radical (unpaired) electrons. The van der Waals surface area contributed by atoms with E-state index in [0.29, 0.717) is 33.6 Å². The number of nitrogens with zero attached hydrogens (tertiary/aromatic N) is 1. The van der Waals surface area contributed by atoms with Crippen LogP contribution in [0.4, 0.5) is 0 Å². The number of rotatable bonds is 7. The summed E-state index contributed by atoms with van der Waals surface area (Å²) in [4.78, 5) is 24.3. The Labute approximate surface area is 173 Å². The molecule has 3 rings (SSSR count). The molecule has 156 valence electrons. The first-order chi connectivity index (χ1) is 14.3. The monoisotopic (exact) mass is 410 g/mol. The van der Waals surface area contributed by atoms with Gasteiger partial charge in [-0.15, -0.1) is 0 Å². The summed E-state index contributed by atoms with van der Waals surface area (Å²) in [7, 11) is 0. The Bertz CT molecular complexity index is 1100. The first-order valence-corrected chi connectivity index (χ1v) is 9.31. The number of ether oxygens (including phenoxy) is 2. The maximum Gasteiger partial charge on any atom is 0.342 e. The quantitative estimate of drug-likeness (QED) is 0.350. The molecule has 3 aromatic rings. The van der Waals surface area contributed by atoms with Gasteiger partial charge in [0.1, 0.15) is 28.4 Å². The second-order valence-corrected chi connectivity index (χ2v) is 6.82. The second kappa shape index (κ2) is 9.13. The summed E-state index contributed by atoms with van der Waals surface area (Å²) in [5.74, 6) is 0.0164. The Kier molecular flexibility index (Phi) is 6.36. The lowest BCUT2D eigenvalue weighted by Gasteiger charge is -2.08. The van der Waals surface area contributed by atoms with Crippen LogP contribution in [0.25, 0.3) is 11.0 Å². The molecular formula is C22H22N2O6. The number of carbonyl (C=O) groups is 2. The number of aromatic hydroxyl groups is 1. The number of hydrogen-bond acceptors (Lipinski definition) is 7. The zero-order chi connectivity index (χ0) is 21.7. The van der Waals surface area contributed by atoms with Crippen molar-refractivity contribution in [3.05, 3.63) is 59.4 Å². The number of amides is 1. The van der Waals surface area contributed by atoms with Gasteiger partial charge in [-0.3, -0.25) is 4.79 Å². The topological polar surface area (TPSA) is 110 Å². The highest BCUT2D eigenvalue weighted by molar-refractivity contribution is 6.05. The number of hydrogen-bond donors (Lipinski definition) is 2. The lowest BCUT2D eigenvalue weighted by atomic mass is 10.1. The van der Waals surface area contributed by atoms with Crippen LogP contribution in [0.3, 0.4) is 0 Å². The third-order valence-corrected chi connectivity index (χ3v) is 4.03. The lowest BCUT2D eigenvalue weighted by molar-refractivity contribution is -0.123. The van der Waals surface area contributed by atoms with Crippen molar-refractivity contribution in [2.45, 2.75) is 26.9 Å². The zero-order valence-corrected chi connectivity index (χ0v) is 16.8. The summed E-state index contributed by atoms with van der Waals surface area (Å²) < 4.78 is 16.4. The van der Waals surface area contributed by atoms with Crippen LogP contribution in [0, 0.1) is 6.92 Å². The minimum atomic E-state index is -0.475. The molecule has 0 fully saturated rings. The van der Waals surface area contributed by atoms with E-state index in [9.17, 15) is 14.7 Å². The molecule has 2 N–H and O–H groups in total. The highest BCUT2D eigenvalue weighted by atomic mass is 16.5. The van der Waals surface area contributed by atoms with E-state index in [1.807, 2.05) is 0 Å². The van der Waals surface area contributed by atoms with Gasteiger partial charge >= 0.3 is 5.97 Å². The van der Waals surface area contributed by atoms with Crippen molar-refractivity contribution in [2.24, 2.45) is 5.10 Å².